The Balaban J connectivity index is 0.000000848. The summed E-state index contributed by atoms with van der Waals surface area (Å²) in [5.74, 6) is 1.47. The number of amides is 2. The molecule has 0 unspecified atom stereocenters. The predicted molar refractivity (Wildman–Crippen MR) is 184 cm³/mol. The third-order valence-corrected chi connectivity index (χ3v) is 7.74. The van der Waals surface area contributed by atoms with Gasteiger partial charge in [-0.05, 0) is 37.8 Å². The van der Waals surface area contributed by atoms with Crippen LogP contribution in [0.25, 0.3) is 11.3 Å². The van der Waals surface area contributed by atoms with Crippen molar-refractivity contribution in [2.75, 3.05) is 11.9 Å². The molecule has 3 aromatic rings. The zero-order chi connectivity index (χ0) is 32.6. The van der Waals surface area contributed by atoms with Crippen molar-refractivity contribution in [1.82, 2.24) is 14.9 Å². The van der Waals surface area contributed by atoms with Crippen LogP contribution in [0, 0.1) is 18.8 Å². The number of hydrogen-bond donors (Lipinski definition) is 2. The van der Waals surface area contributed by atoms with E-state index in [2.05, 4.69) is 57.2 Å². The minimum Gasteiger partial charge on any atom is -0.354 e. The van der Waals surface area contributed by atoms with E-state index in [0.717, 1.165) is 35.2 Å². The molecule has 2 N–H and O–H groups in total. The van der Waals surface area contributed by atoms with Crippen LogP contribution in [-0.4, -0.2) is 34.7 Å². The summed E-state index contributed by atoms with van der Waals surface area (Å²) in [6, 6.07) is 9.75. The first-order valence-electron chi connectivity index (χ1n) is 15.8. The smallest absolute Gasteiger partial charge is 0.253 e. The van der Waals surface area contributed by atoms with Crippen LogP contribution in [0.5, 0.6) is 0 Å². The highest BCUT2D eigenvalue weighted by Crippen LogP contribution is 2.25. The van der Waals surface area contributed by atoms with E-state index in [-0.39, 0.29) is 18.4 Å². The van der Waals surface area contributed by atoms with Gasteiger partial charge in [0.2, 0.25) is 5.91 Å². The fourth-order valence-corrected chi connectivity index (χ4v) is 4.68. The standard InChI is InChI=1S/C19H20N4O2S.C7H16.C5H10.C3H8.CH2O/c1-3-23-8-7-15(11-23)18(25)20-10-17(24)22-19-21-16(12-26-19)14-6-4-5-13(2)9-14;1-4-7(5-2)6-3;1-5-3-2-4-5;1-3-2;1-2/h4-9,11-12H,3,10H2,1-2H3,(H,20,25)(H,21,22,24);7H,4-6H2,1-3H3;5H,2-4H2,1H3;3H2,1-2H3;1H2. The van der Waals surface area contributed by atoms with Gasteiger partial charge in [-0.25, -0.2) is 4.98 Å². The van der Waals surface area contributed by atoms with Gasteiger partial charge in [-0.2, -0.15) is 0 Å². The molecular formula is C35H56N4O3S. The van der Waals surface area contributed by atoms with Gasteiger partial charge in [0.15, 0.2) is 5.13 Å². The first-order chi connectivity index (χ1) is 20.7. The monoisotopic (exact) mass is 612 g/mol. The normalized spacial score (nSPS) is 11.6. The molecule has 0 radical (unpaired) electrons. The first kappa shape index (κ1) is 39.7. The van der Waals surface area contributed by atoms with Gasteiger partial charge >= 0.3 is 0 Å². The number of hydrogen-bond acceptors (Lipinski definition) is 5. The molecule has 1 aromatic carbocycles. The van der Waals surface area contributed by atoms with E-state index in [4.69, 9.17) is 4.79 Å². The molecule has 2 heterocycles. The van der Waals surface area contributed by atoms with Crippen LogP contribution in [0.15, 0.2) is 48.1 Å². The minimum absolute atomic E-state index is 0.102. The summed E-state index contributed by atoms with van der Waals surface area (Å²) in [5, 5.41) is 7.74. The predicted octanol–water partition coefficient (Wildman–Crippen LogP) is 9.18. The second-order valence-electron chi connectivity index (χ2n) is 10.7. The largest absolute Gasteiger partial charge is 0.354 e. The molecule has 1 saturated carbocycles. The molecule has 7 nitrogen and oxygen atoms in total. The number of benzene rings is 1. The fraction of sp³-hybridized carbons (Fsp3) is 0.543. The molecule has 0 atom stereocenters. The molecule has 43 heavy (non-hydrogen) atoms. The van der Waals surface area contributed by atoms with E-state index in [1.54, 1.807) is 12.3 Å². The van der Waals surface area contributed by atoms with Crippen molar-refractivity contribution in [3.63, 3.8) is 0 Å². The Morgan fingerprint density at radius 1 is 1.05 bits per heavy atom. The molecule has 0 spiro atoms. The van der Waals surface area contributed by atoms with Crippen LogP contribution >= 0.6 is 11.3 Å². The van der Waals surface area contributed by atoms with E-state index in [1.165, 1.54) is 56.3 Å². The average molecular weight is 613 g/mol. The van der Waals surface area contributed by atoms with Gasteiger partial charge in [0.25, 0.3) is 5.91 Å². The Labute approximate surface area is 264 Å². The number of anilines is 1. The lowest BCUT2D eigenvalue weighted by Crippen LogP contribution is -2.32. The minimum atomic E-state index is -0.307. The number of thiazole rings is 1. The lowest BCUT2D eigenvalue weighted by molar-refractivity contribution is -0.115. The maximum absolute atomic E-state index is 12.0. The molecule has 2 aromatic heterocycles. The Bertz CT molecular complexity index is 1140. The van der Waals surface area contributed by atoms with Crippen molar-refractivity contribution in [2.24, 2.45) is 11.8 Å². The summed E-state index contributed by atoms with van der Waals surface area (Å²) < 4.78 is 1.90. The Kier molecular flexibility index (Phi) is 22.4. The lowest BCUT2D eigenvalue weighted by atomic mass is 9.88. The van der Waals surface area contributed by atoms with Crippen LogP contribution in [0.1, 0.15) is 109 Å². The summed E-state index contributed by atoms with van der Waals surface area (Å²) in [6.07, 6.45) is 13.4. The van der Waals surface area contributed by atoms with E-state index in [0.29, 0.717) is 10.7 Å². The van der Waals surface area contributed by atoms with Crippen LogP contribution in [-0.2, 0) is 16.1 Å². The van der Waals surface area contributed by atoms with Crippen LogP contribution < -0.4 is 10.6 Å². The number of aromatic nitrogens is 2. The highest BCUT2D eigenvalue weighted by Gasteiger charge is 2.12. The molecule has 2 amide bonds. The molecule has 0 bridgehead atoms. The van der Waals surface area contributed by atoms with Crippen LogP contribution in [0.4, 0.5) is 5.13 Å². The van der Waals surface area contributed by atoms with E-state index in [1.807, 2.05) is 61.0 Å². The highest BCUT2D eigenvalue weighted by molar-refractivity contribution is 7.14. The van der Waals surface area contributed by atoms with Crippen molar-refractivity contribution in [2.45, 2.75) is 107 Å². The SMILES string of the molecule is C=O.CC1CCC1.CCC.CCC(CC)CC.CCn1ccc(C(=O)NCC(=O)Nc2nc(-c3cccc(C)c3)cs2)c1. The first-order valence-corrected chi connectivity index (χ1v) is 16.6. The molecule has 0 saturated heterocycles. The number of nitrogens with one attached hydrogen (secondary N) is 2. The Morgan fingerprint density at radius 3 is 2.09 bits per heavy atom. The number of nitrogens with zero attached hydrogens (tertiary/aromatic N) is 2. The number of aryl methyl sites for hydroxylation is 2. The van der Waals surface area contributed by atoms with Crippen molar-refractivity contribution in [3.05, 3.63) is 59.2 Å². The molecule has 8 heteroatoms. The van der Waals surface area contributed by atoms with Crippen LogP contribution in [0.2, 0.25) is 0 Å². The zero-order valence-corrected chi connectivity index (χ0v) is 28.7. The fourth-order valence-electron chi connectivity index (χ4n) is 3.94. The third kappa shape index (κ3) is 16.8. The van der Waals surface area contributed by atoms with Crippen molar-refractivity contribution < 1.29 is 14.4 Å². The van der Waals surface area contributed by atoms with Gasteiger partial charge in [-0.3, -0.25) is 9.59 Å². The second kappa shape index (κ2) is 24.2. The van der Waals surface area contributed by atoms with E-state index < -0.39 is 0 Å². The van der Waals surface area contributed by atoms with Gasteiger partial charge in [0.1, 0.15) is 6.79 Å². The third-order valence-electron chi connectivity index (χ3n) is 6.98. The summed E-state index contributed by atoms with van der Waals surface area (Å²) in [7, 11) is 0. The second-order valence-corrected chi connectivity index (χ2v) is 11.6. The summed E-state index contributed by atoms with van der Waals surface area (Å²) in [4.78, 5) is 36.5. The van der Waals surface area contributed by atoms with Gasteiger partial charge in [-0.15, -0.1) is 11.3 Å². The summed E-state index contributed by atoms with van der Waals surface area (Å²) in [6.45, 7) is 20.1. The summed E-state index contributed by atoms with van der Waals surface area (Å²) in [5.41, 5.74) is 3.52. The van der Waals surface area contributed by atoms with Crippen molar-refractivity contribution in [1.29, 1.82) is 0 Å². The van der Waals surface area contributed by atoms with E-state index in [9.17, 15) is 9.59 Å². The molecule has 1 aliphatic rings. The van der Waals surface area contributed by atoms with Gasteiger partial charge in [0, 0.05) is 29.9 Å². The lowest BCUT2D eigenvalue weighted by Gasteiger charge is -2.18. The highest BCUT2D eigenvalue weighted by atomic mass is 32.1. The van der Waals surface area contributed by atoms with Crippen molar-refractivity contribution >= 4 is 35.1 Å². The number of rotatable bonds is 9. The van der Waals surface area contributed by atoms with Gasteiger partial charge in [-0.1, -0.05) is 110 Å². The Hall–Kier alpha value is -3.26. The van der Waals surface area contributed by atoms with E-state index >= 15 is 0 Å². The maximum Gasteiger partial charge on any atom is 0.253 e. The van der Waals surface area contributed by atoms with Crippen LogP contribution in [0.3, 0.4) is 0 Å². The van der Waals surface area contributed by atoms with Gasteiger partial charge in [0.05, 0.1) is 17.8 Å². The molecule has 4 rings (SSSR count). The average Bonchev–Trinajstić information content (AvgIpc) is 3.68. The topological polar surface area (TPSA) is 93.1 Å². The number of carbonyl (C=O) groups is 3. The Morgan fingerprint density at radius 2 is 1.65 bits per heavy atom. The summed E-state index contributed by atoms with van der Waals surface area (Å²) >= 11 is 1.36. The molecule has 1 aliphatic carbocycles. The number of carbonyl (C=O) groups excluding carboxylic acids is 3. The van der Waals surface area contributed by atoms with Crippen molar-refractivity contribution in [3.8, 4) is 11.3 Å². The molecule has 0 aliphatic heterocycles. The molecular weight excluding hydrogens is 556 g/mol. The quantitative estimate of drug-likeness (QED) is 0.252. The maximum atomic E-state index is 12.0. The van der Waals surface area contributed by atoms with Gasteiger partial charge < -0.3 is 20.0 Å². The zero-order valence-electron chi connectivity index (χ0n) is 27.9. The molecule has 240 valence electrons. The molecule has 1 fully saturated rings.